The highest BCUT2D eigenvalue weighted by atomic mass is 32.2. The predicted octanol–water partition coefficient (Wildman–Crippen LogP) is 5.58. The summed E-state index contributed by atoms with van der Waals surface area (Å²) in [6.07, 6.45) is 17.5. The smallest absolute Gasteiger partial charge is 0.188 e. The molecule has 0 aliphatic rings. The maximum atomic E-state index is 11.0. The number of carbonyl (C=O) groups is 1. The summed E-state index contributed by atoms with van der Waals surface area (Å²) in [5, 5.41) is 0.348. The lowest BCUT2D eigenvalue weighted by Gasteiger charge is -2.02. The second-order valence-electron chi connectivity index (χ2n) is 4.86. The molecule has 0 aromatic carbocycles. The first-order chi connectivity index (χ1) is 8.31. The van der Waals surface area contributed by atoms with Crippen molar-refractivity contribution in [3.05, 3.63) is 0 Å². The van der Waals surface area contributed by atoms with Crippen molar-refractivity contribution in [2.45, 2.75) is 84.0 Å². The van der Waals surface area contributed by atoms with Crippen LogP contribution in [0.25, 0.3) is 0 Å². The standard InChI is InChI=1S/C15H30OS/c1-3-4-5-6-7-8-9-10-11-12-13-14-15(16)17-2/h3-14H2,1-2H3. The number of carbonyl (C=O) groups excluding carboxylic acids is 1. The van der Waals surface area contributed by atoms with Gasteiger partial charge in [-0.05, 0) is 12.7 Å². The van der Waals surface area contributed by atoms with Gasteiger partial charge >= 0.3 is 0 Å². The van der Waals surface area contributed by atoms with E-state index in [1.807, 2.05) is 6.26 Å². The number of hydrogen-bond donors (Lipinski definition) is 0. The van der Waals surface area contributed by atoms with Crippen molar-refractivity contribution in [1.29, 1.82) is 0 Å². The minimum atomic E-state index is 0.348. The van der Waals surface area contributed by atoms with Crippen LogP contribution in [-0.2, 0) is 4.79 Å². The quantitative estimate of drug-likeness (QED) is 0.425. The molecule has 0 saturated carbocycles. The van der Waals surface area contributed by atoms with Gasteiger partial charge in [0.05, 0.1) is 0 Å². The molecule has 102 valence electrons. The highest BCUT2D eigenvalue weighted by Crippen LogP contribution is 2.12. The summed E-state index contributed by atoms with van der Waals surface area (Å²) in [5.41, 5.74) is 0. The molecular weight excluding hydrogens is 228 g/mol. The maximum Gasteiger partial charge on any atom is 0.188 e. The van der Waals surface area contributed by atoms with E-state index in [-0.39, 0.29) is 0 Å². The molecule has 0 heterocycles. The molecule has 2 heteroatoms. The van der Waals surface area contributed by atoms with Gasteiger partial charge in [-0.1, -0.05) is 82.9 Å². The predicted molar refractivity (Wildman–Crippen MR) is 79.6 cm³/mol. The van der Waals surface area contributed by atoms with Crippen molar-refractivity contribution in [1.82, 2.24) is 0 Å². The van der Waals surface area contributed by atoms with Gasteiger partial charge < -0.3 is 0 Å². The number of thioether (sulfide) groups is 1. The minimum Gasteiger partial charge on any atom is -0.287 e. The Labute approximate surface area is 112 Å². The van der Waals surface area contributed by atoms with Crippen molar-refractivity contribution in [3.63, 3.8) is 0 Å². The summed E-state index contributed by atoms with van der Waals surface area (Å²) >= 11 is 1.37. The molecule has 0 fully saturated rings. The lowest BCUT2D eigenvalue weighted by atomic mass is 10.1. The fourth-order valence-corrected chi connectivity index (χ4v) is 2.38. The molecule has 0 bridgehead atoms. The number of unbranched alkanes of at least 4 members (excludes halogenated alkanes) is 10. The largest absolute Gasteiger partial charge is 0.287 e. The van der Waals surface area contributed by atoms with Crippen LogP contribution < -0.4 is 0 Å². The highest BCUT2D eigenvalue weighted by molar-refractivity contribution is 8.13. The molecule has 0 aliphatic carbocycles. The molecule has 0 amide bonds. The molecule has 0 unspecified atom stereocenters. The van der Waals surface area contributed by atoms with Gasteiger partial charge in [0, 0.05) is 6.42 Å². The first kappa shape index (κ1) is 17.0. The third-order valence-corrected chi connectivity index (χ3v) is 3.87. The molecule has 0 saturated heterocycles. The van der Waals surface area contributed by atoms with Crippen molar-refractivity contribution in [3.8, 4) is 0 Å². The fraction of sp³-hybridized carbons (Fsp3) is 0.933. The Bertz CT molecular complexity index is 168. The van der Waals surface area contributed by atoms with Gasteiger partial charge in [-0.3, -0.25) is 4.79 Å². The van der Waals surface area contributed by atoms with Gasteiger partial charge in [-0.2, -0.15) is 0 Å². The Morgan fingerprint density at radius 3 is 1.59 bits per heavy atom. The SMILES string of the molecule is CCCCCCCCCCCCCC(=O)SC. The van der Waals surface area contributed by atoms with Crippen LogP contribution in [0, 0.1) is 0 Å². The normalized spacial score (nSPS) is 10.7. The third-order valence-electron chi connectivity index (χ3n) is 3.21. The van der Waals surface area contributed by atoms with E-state index < -0.39 is 0 Å². The second-order valence-corrected chi connectivity index (χ2v) is 5.73. The molecule has 0 spiro atoms. The molecule has 0 rings (SSSR count). The van der Waals surface area contributed by atoms with Crippen LogP contribution in [0.3, 0.4) is 0 Å². The zero-order chi connectivity index (χ0) is 12.8. The average Bonchev–Trinajstić information content (AvgIpc) is 2.35. The van der Waals surface area contributed by atoms with Gasteiger partial charge in [-0.25, -0.2) is 0 Å². The lowest BCUT2D eigenvalue weighted by Crippen LogP contribution is -1.89. The minimum absolute atomic E-state index is 0.348. The van der Waals surface area contributed by atoms with E-state index in [0.29, 0.717) is 5.12 Å². The van der Waals surface area contributed by atoms with Crippen LogP contribution in [0.15, 0.2) is 0 Å². The third kappa shape index (κ3) is 14.0. The van der Waals surface area contributed by atoms with Gasteiger partial charge in [-0.15, -0.1) is 0 Å². The maximum absolute atomic E-state index is 11.0. The average molecular weight is 258 g/mol. The van der Waals surface area contributed by atoms with Crippen molar-refractivity contribution in [2.75, 3.05) is 6.26 Å². The Morgan fingerprint density at radius 1 is 0.765 bits per heavy atom. The topological polar surface area (TPSA) is 17.1 Å². The first-order valence-corrected chi connectivity index (χ1v) is 8.60. The molecule has 0 aliphatic heterocycles. The van der Waals surface area contributed by atoms with Crippen LogP contribution in [0.1, 0.15) is 84.0 Å². The van der Waals surface area contributed by atoms with Gasteiger partial charge in [0.1, 0.15) is 0 Å². The van der Waals surface area contributed by atoms with E-state index in [1.165, 1.54) is 76.0 Å². The van der Waals surface area contributed by atoms with E-state index in [1.54, 1.807) is 0 Å². The molecule has 17 heavy (non-hydrogen) atoms. The fourth-order valence-electron chi connectivity index (χ4n) is 2.04. The van der Waals surface area contributed by atoms with Crippen LogP contribution in [-0.4, -0.2) is 11.4 Å². The Kier molecular flexibility index (Phi) is 14.1. The number of rotatable bonds is 12. The summed E-state index contributed by atoms with van der Waals surface area (Å²) < 4.78 is 0. The van der Waals surface area contributed by atoms with Gasteiger partial charge in [0.2, 0.25) is 0 Å². The first-order valence-electron chi connectivity index (χ1n) is 7.38. The van der Waals surface area contributed by atoms with Crippen molar-refractivity contribution in [2.24, 2.45) is 0 Å². The zero-order valence-corrected chi connectivity index (χ0v) is 12.6. The number of hydrogen-bond acceptors (Lipinski definition) is 2. The second kappa shape index (κ2) is 14.1. The van der Waals surface area contributed by atoms with Gasteiger partial charge in [0.25, 0.3) is 0 Å². The Balaban J connectivity index is 2.96. The van der Waals surface area contributed by atoms with Crippen LogP contribution in [0.4, 0.5) is 0 Å². The summed E-state index contributed by atoms with van der Waals surface area (Å²) in [6.45, 7) is 2.27. The molecule has 0 atom stereocenters. The summed E-state index contributed by atoms with van der Waals surface area (Å²) in [7, 11) is 0. The van der Waals surface area contributed by atoms with Crippen LogP contribution >= 0.6 is 11.8 Å². The summed E-state index contributed by atoms with van der Waals surface area (Å²) in [6, 6.07) is 0. The molecule has 0 aromatic heterocycles. The Morgan fingerprint density at radius 2 is 1.18 bits per heavy atom. The molecule has 1 nitrogen and oxygen atoms in total. The lowest BCUT2D eigenvalue weighted by molar-refractivity contribution is -0.111. The summed E-state index contributed by atoms with van der Waals surface area (Å²) in [5.74, 6) is 0. The monoisotopic (exact) mass is 258 g/mol. The van der Waals surface area contributed by atoms with E-state index >= 15 is 0 Å². The van der Waals surface area contributed by atoms with Crippen molar-refractivity contribution < 1.29 is 4.79 Å². The molecule has 0 N–H and O–H groups in total. The Hall–Kier alpha value is 0.0200. The van der Waals surface area contributed by atoms with Gasteiger partial charge in [0.15, 0.2) is 5.12 Å². The van der Waals surface area contributed by atoms with E-state index in [2.05, 4.69) is 6.92 Å². The van der Waals surface area contributed by atoms with Crippen molar-refractivity contribution >= 4 is 16.9 Å². The van der Waals surface area contributed by atoms with E-state index in [4.69, 9.17) is 0 Å². The summed E-state index contributed by atoms with van der Waals surface area (Å²) in [4.78, 5) is 11.0. The molecule has 0 radical (unpaired) electrons. The van der Waals surface area contributed by atoms with E-state index in [0.717, 1.165) is 12.8 Å². The van der Waals surface area contributed by atoms with E-state index in [9.17, 15) is 4.79 Å². The zero-order valence-electron chi connectivity index (χ0n) is 11.8. The van der Waals surface area contributed by atoms with Crippen LogP contribution in [0.2, 0.25) is 0 Å². The highest BCUT2D eigenvalue weighted by Gasteiger charge is 1.98. The molecule has 0 aromatic rings. The molecular formula is C15H30OS. The van der Waals surface area contributed by atoms with Crippen LogP contribution in [0.5, 0.6) is 0 Å².